The Balaban J connectivity index is 1.33. The van der Waals surface area contributed by atoms with Crippen molar-refractivity contribution < 1.29 is 0 Å². The van der Waals surface area contributed by atoms with Crippen LogP contribution in [0.5, 0.6) is 0 Å². The summed E-state index contributed by atoms with van der Waals surface area (Å²) in [4.78, 5) is 10.3. The van der Waals surface area contributed by atoms with Crippen LogP contribution in [0.25, 0.3) is 27.6 Å². The Morgan fingerprint density at radius 3 is 2.55 bits per heavy atom. The first-order valence-electron chi connectivity index (χ1n) is 11.1. The Hall–Kier alpha value is -3.70. The molecule has 4 nitrogen and oxygen atoms in total. The van der Waals surface area contributed by atoms with Crippen LogP contribution in [0.3, 0.4) is 0 Å². The molecular formula is C28H24N4S. The quantitative estimate of drug-likeness (QED) is 0.281. The SMILES string of the molecule is CN1C=CN(c2cccc(CSc3ccc4c5ccccc5n(-c5ccccn5)c4c3)c2)C1. The van der Waals surface area contributed by atoms with E-state index in [4.69, 9.17) is 0 Å². The zero-order valence-electron chi connectivity index (χ0n) is 18.4. The Morgan fingerprint density at radius 1 is 0.818 bits per heavy atom. The molecule has 3 aromatic carbocycles. The highest BCUT2D eigenvalue weighted by atomic mass is 32.2. The molecule has 0 fully saturated rings. The van der Waals surface area contributed by atoms with E-state index in [1.807, 2.05) is 30.1 Å². The summed E-state index contributed by atoms with van der Waals surface area (Å²) in [6.45, 7) is 0.894. The summed E-state index contributed by atoms with van der Waals surface area (Å²) in [7, 11) is 2.09. The third kappa shape index (κ3) is 3.74. The van der Waals surface area contributed by atoms with Gasteiger partial charge in [0, 0.05) is 52.8 Å². The molecule has 5 heteroatoms. The molecule has 0 spiro atoms. The molecule has 0 radical (unpaired) electrons. The molecule has 162 valence electrons. The zero-order valence-corrected chi connectivity index (χ0v) is 19.2. The maximum atomic E-state index is 4.64. The monoisotopic (exact) mass is 448 g/mol. The van der Waals surface area contributed by atoms with Crippen molar-refractivity contribution in [2.24, 2.45) is 0 Å². The van der Waals surface area contributed by atoms with Gasteiger partial charge in [0.1, 0.15) is 5.82 Å². The number of fused-ring (bicyclic) bond motifs is 3. The molecular weight excluding hydrogens is 424 g/mol. The highest BCUT2D eigenvalue weighted by molar-refractivity contribution is 7.98. The van der Waals surface area contributed by atoms with Gasteiger partial charge in [0.2, 0.25) is 0 Å². The normalized spacial score (nSPS) is 13.5. The average molecular weight is 449 g/mol. The second kappa shape index (κ2) is 8.34. The molecule has 0 bridgehead atoms. The number of thioether (sulfide) groups is 1. The largest absolute Gasteiger partial charge is 0.361 e. The fraction of sp³-hybridized carbons (Fsp3) is 0.107. The van der Waals surface area contributed by atoms with E-state index in [-0.39, 0.29) is 0 Å². The number of para-hydroxylation sites is 1. The number of hydrogen-bond donors (Lipinski definition) is 0. The lowest BCUT2D eigenvalue weighted by molar-refractivity contribution is 0.495. The van der Waals surface area contributed by atoms with Gasteiger partial charge in [-0.25, -0.2) is 4.98 Å². The third-order valence-corrected chi connectivity index (χ3v) is 7.11. The van der Waals surface area contributed by atoms with Crippen molar-refractivity contribution in [2.75, 3.05) is 18.6 Å². The molecule has 6 rings (SSSR count). The van der Waals surface area contributed by atoms with Gasteiger partial charge in [-0.2, -0.15) is 0 Å². The van der Waals surface area contributed by atoms with Gasteiger partial charge in [0.25, 0.3) is 0 Å². The molecule has 0 amide bonds. The first-order valence-corrected chi connectivity index (χ1v) is 12.1. The van der Waals surface area contributed by atoms with Crippen molar-refractivity contribution in [3.63, 3.8) is 0 Å². The molecule has 0 N–H and O–H groups in total. The minimum Gasteiger partial charge on any atom is -0.361 e. The van der Waals surface area contributed by atoms with E-state index in [0.29, 0.717) is 0 Å². The van der Waals surface area contributed by atoms with Gasteiger partial charge >= 0.3 is 0 Å². The van der Waals surface area contributed by atoms with Gasteiger partial charge in [0.05, 0.1) is 17.7 Å². The van der Waals surface area contributed by atoms with Gasteiger partial charge < -0.3 is 9.80 Å². The standard InChI is InChI=1S/C28H24N4S/c1-30-15-16-31(20-30)22-8-6-7-21(17-22)19-33-23-12-13-25-24-9-2-3-10-26(24)32(27(25)18-23)28-11-4-5-14-29-28/h2-18H,19-20H2,1H3. The number of nitrogens with zero attached hydrogens (tertiary/aromatic N) is 4. The highest BCUT2D eigenvalue weighted by Gasteiger charge is 2.14. The average Bonchev–Trinajstić information content (AvgIpc) is 3.44. The number of benzene rings is 3. The van der Waals surface area contributed by atoms with E-state index in [1.54, 1.807) is 0 Å². The molecule has 1 aliphatic rings. The van der Waals surface area contributed by atoms with Gasteiger partial charge in [-0.15, -0.1) is 11.8 Å². The molecule has 0 saturated heterocycles. The van der Waals surface area contributed by atoms with E-state index in [0.717, 1.165) is 18.2 Å². The number of anilines is 1. The molecule has 3 heterocycles. The summed E-state index contributed by atoms with van der Waals surface area (Å²) in [5.74, 6) is 1.87. The molecule has 0 atom stereocenters. The van der Waals surface area contributed by atoms with E-state index in [2.05, 4.69) is 112 Å². The van der Waals surface area contributed by atoms with E-state index >= 15 is 0 Å². The molecule has 1 aliphatic heterocycles. The van der Waals surface area contributed by atoms with Crippen molar-refractivity contribution in [1.29, 1.82) is 0 Å². The summed E-state index contributed by atoms with van der Waals surface area (Å²) in [6, 6.07) is 30.3. The van der Waals surface area contributed by atoms with E-state index in [9.17, 15) is 0 Å². The Kier molecular flexibility index (Phi) is 5.04. The fourth-order valence-electron chi connectivity index (χ4n) is 4.46. The van der Waals surface area contributed by atoms with Crippen LogP contribution in [0, 0.1) is 0 Å². The summed E-state index contributed by atoms with van der Waals surface area (Å²) >= 11 is 1.87. The van der Waals surface area contributed by atoms with Gasteiger partial charge in [-0.3, -0.25) is 4.57 Å². The summed E-state index contributed by atoms with van der Waals surface area (Å²) in [5.41, 5.74) is 4.94. The highest BCUT2D eigenvalue weighted by Crippen LogP contribution is 2.35. The second-order valence-corrected chi connectivity index (χ2v) is 9.39. The minimum atomic E-state index is 0.894. The van der Waals surface area contributed by atoms with Crippen LogP contribution in [-0.2, 0) is 5.75 Å². The molecule has 0 saturated carbocycles. The molecule has 0 unspecified atom stereocenters. The van der Waals surface area contributed by atoms with E-state index in [1.165, 1.54) is 38.0 Å². The lowest BCUT2D eigenvalue weighted by Crippen LogP contribution is -2.21. The van der Waals surface area contributed by atoms with Crippen LogP contribution >= 0.6 is 11.8 Å². The number of pyridine rings is 1. The summed E-state index contributed by atoms with van der Waals surface area (Å²) < 4.78 is 2.27. The smallest absolute Gasteiger partial charge is 0.137 e. The van der Waals surface area contributed by atoms with Gasteiger partial charge in [0.15, 0.2) is 0 Å². The van der Waals surface area contributed by atoms with Gasteiger partial charge in [-0.1, -0.05) is 42.5 Å². The number of rotatable bonds is 5. The first-order chi connectivity index (χ1) is 16.3. The molecule has 33 heavy (non-hydrogen) atoms. The van der Waals surface area contributed by atoms with Crippen LogP contribution in [0.15, 0.2) is 108 Å². The predicted octanol–water partition coefficient (Wildman–Crippen LogP) is 6.65. The van der Waals surface area contributed by atoms with Crippen LogP contribution in [0.4, 0.5) is 5.69 Å². The Labute approximate surface area is 197 Å². The van der Waals surface area contributed by atoms with Gasteiger partial charge in [-0.05, 0) is 48.0 Å². The lowest BCUT2D eigenvalue weighted by Gasteiger charge is -2.18. The molecule has 5 aromatic rings. The minimum absolute atomic E-state index is 0.894. The molecule has 2 aromatic heterocycles. The maximum Gasteiger partial charge on any atom is 0.137 e. The number of aromatic nitrogens is 2. The topological polar surface area (TPSA) is 24.3 Å². The maximum absolute atomic E-state index is 4.64. The van der Waals surface area contributed by atoms with E-state index < -0.39 is 0 Å². The Morgan fingerprint density at radius 2 is 1.70 bits per heavy atom. The van der Waals surface area contributed by atoms with Crippen molar-refractivity contribution in [2.45, 2.75) is 10.6 Å². The third-order valence-electron chi connectivity index (χ3n) is 6.05. The van der Waals surface area contributed by atoms with Crippen molar-refractivity contribution in [3.05, 3.63) is 109 Å². The number of hydrogen-bond acceptors (Lipinski definition) is 4. The predicted molar refractivity (Wildman–Crippen MR) is 139 cm³/mol. The summed E-state index contributed by atoms with van der Waals surface area (Å²) in [6.07, 6.45) is 6.10. The summed E-state index contributed by atoms with van der Waals surface area (Å²) in [5, 5.41) is 2.51. The van der Waals surface area contributed by atoms with Crippen LogP contribution in [0.1, 0.15) is 5.56 Å². The zero-order chi connectivity index (χ0) is 22.2. The van der Waals surface area contributed by atoms with Crippen LogP contribution in [0.2, 0.25) is 0 Å². The molecule has 0 aliphatic carbocycles. The Bertz CT molecular complexity index is 1470. The van der Waals surface area contributed by atoms with Crippen molar-refractivity contribution >= 4 is 39.3 Å². The second-order valence-electron chi connectivity index (χ2n) is 8.34. The first kappa shape index (κ1) is 19.9. The fourth-order valence-corrected chi connectivity index (χ4v) is 5.33. The van der Waals surface area contributed by atoms with Crippen LogP contribution < -0.4 is 4.90 Å². The van der Waals surface area contributed by atoms with Crippen molar-refractivity contribution in [3.8, 4) is 5.82 Å². The lowest BCUT2D eigenvalue weighted by atomic mass is 10.2. The van der Waals surface area contributed by atoms with Crippen molar-refractivity contribution in [1.82, 2.24) is 14.5 Å². The van der Waals surface area contributed by atoms with Crippen LogP contribution in [-0.4, -0.2) is 28.2 Å².